The highest BCUT2D eigenvalue weighted by atomic mass is 32.2. The maximum atomic E-state index is 12.5. The second kappa shape index (κ2) is 5.77. The van der Waals surface area contributed by atoms with Gasteiger partial charge in [0.2, 0.25) is 0 Å². The molecule has 1 heterocycles. The highest BCUT2D eigenvalue weighted by Crippen LogP contribution is 2.19. The van der Waals surface area contributed by atoms with Gasteiger partial charge in [0, 0.05) is 11.2 Å². The molecule has 3 aromatic rings. The molecule has 6 nitrogen and oxygen atoms in total. The number of sulfonamides is 1. The van der Waals surface area contributed by atoms with Gasteiger partial charge in [0.15, 0.2) is 4.90 Å². The first kappa shape index (κ1) is 15.1. The van der Waals surface area contributed by atoms with Crippen molar-refractivity contribution in [2.24, 2.45) is 0 Å². The molecular formula is C16H14N2O4S. The van der Waals surface area contributed by atoms with Crippen LogP contribution < -0.4 is 15.0 Å². The van der Waals surface area contributed by atoms with Crippen LogP contribution in [0.25, 0.3) is 10.9 Å². The minimum atomic E-state index is -3.99. The number of nitrogens with one attached hydrogen (secondary N) is 2. The fourth-order valence-electron chi connectivity index (χ4n) is 2.20. The zero-order chi connectivity index (χ0) is 16.4. The lowest BCUT2D eigenvalue weighted by Gasteiger charge is -2.09. The van der Waals surface area contributed by atoms with Crippen molar-refractivity contribution < 1.29 is 13.2 Å². The molecule has 0 aliphatic heterocycles. The average molecular weight is 330 g/mol. The average Bonchev–Trinajstić information content (AvgIpc) is 2.54. The number of methoxy groups -OCH3 is 1. The number of benzene rings is 2. The normalized spacial score (nSPS) is 11.3. The molecule has 0 amide bonds. The van der Waals surface area contributed by atoms with E-state index in [0.29, 0.717) is 22.3 Å². The van der Waals surface area contributed by atoms with Gasteiger partial charge < -0.3 is 9.72 Å². The van der Waals surface area contributed by atoms with Gasteiger partial charge in [-0.05, 0) is 41.8 Å². The molecule has 1 aromatic heterocycles. The molecular weight excluding hydrogens is 316 g/mol. The van der Waals surface area contributed by atoms with Gasteiger partial charge >= 0.3 is 0 Å². The molecule has 7 heteroatoms. The summed E-state index contributed by atoms with van der Waals surface area (Å²) in [6, 6.07) is 14.7. The van der Waals surface area contributed by atoms with Crippen molar-refractivity contribution in [3.8, 4) is 5.75 Å². The predicted octanol–water partition coefficient (Wildman–Crippen LogP) is 2.34. The number of aromatic amines is 1. The number of H-pyrrole nitrogens is 1. The largest absolute Gasteiger partial charge is 0.497 e. The van der Waals surface area contributed by atoms with E-state index in [1.807, 2.05) is 0 Å². The standard InChI is InChI=1S/C16H14N2O4S/c1-22-13-8-6-12(7-9-13)18-23(20,21)15-10-11-4-2-3-5-14(11)17-16(15)19/h2-10,18H,1H3,(H,17,19). The van der Waals surface area contributed by atoms with Crippen LogP contribution in [-0.4, -0.2) is 20.5 Å². The smallest absolute Gasteiger partial charge is 0.269 e. The van der Waals surface area contributed by atoms with Gasteiger partial charge in [-0.15, -0.1) is 0 Å². The number of hydrogen-bond donors (Lipinski definition) is 2. The van der Waals surface area contributed by atoms with Crippen LogP contribution in [0.1, 0.15) is 0 Å². The molecule has 23 heavy (non-hydrogen) atoms. The molecule has 2 N–H and O–H groups in total. The minimum Gasteiger partial charge on any atom is -0.497 e. The number of anilines is 1. The van der Waals surface area contributed by atoms with E-state index in [1.165, 1.54) is 13.2 Å². The van der Waals surface area contributed by atoms with Crippen molar-refractivity contribution in [2.75, 3.05) is 11.8 Å². The Balaban J connectivity index is 2.01. The van der Waals surface area contributed by atoms with Gasteiger partial charge in [-0.3, -0.25) is 9.52 Å². The monoisotopic (exact) mass is 330 g/mol. The van der Waals surface area contributed by atoms with E-state index in [1.54, 1.807) is 48.5 Å². The molecule has 0 spiro atoms. The highest BCUT2D eigenvalue weighted by molar-refractivity contribution is 7.92. The van der Waals surface area contributed by atoms with Gasteiger partial charge in [-0.2, -0.15) is 0 Å². The maximum absolute atomic E-state index is 12.5. The van der Waals surface area contributed by atoms with E-state index < -0.39 is 15.6 Å². The number of pyridine rings is 1. The number of para-hydroxylation sites is 1. The molecule has 0 bridgehead atoms. The molecule has 0 atom stereocenters. The number of hydrogen-bond acceptors (Lipinski definition) is 4. The van der Waals surface area contributed by atoms with Gasteiger partial charge in [-0.25, -0.2) is 8.42 Å². The van der Waals surface area contributed by atoms with Crippen molar-refractivity contribution in [2.45, 2.75) is 4.90 Å². The summed E-state index contributed by atoms with van der Waals surface area (Å²) in [6.07, 6.45) is 0. The van der Waals surface area contributed by atoms with Crippen LogP contribution >= 0.6 is 0 Å². The lowest BCUT2D eigenvalue weighted by molar-refractivity contribution is 0.415. The Morgan fingerprint density at radius 1 is 1.04 bits per heavy atom. The summed E-state index contributed by atoms with van der Waals surface area (Å²) in [4.78, 5) is 14.3. The number of ether oxygens (including phenoxy) is 1. The molecule has 0 aliphatic carbocycles. The third kappa shape index (κ3) is 3.04. The van der Waals surface area contributed by atoms with Crippen molar-refractivity contribution in [1.82, 2.24) is 4.98 Å². The fraction of sp³-hybridized carbons (Fsp3) is 0.0625. The topological polar surface area (TPSA) is 88.3 Å². The zero-order valence-electron chi connectivity index (χ0n) is 12.2. The van der Waals surface area contributed by atoms with E-state index in [2.05, 4.69) is 9.71 Å². The summed E-state index contributed by atoms with van der Waals surface area (Å²) in [5, 5.41) is 0.641. The molecule has 3 rings (SSSR count). The Morgan fingerprint density at radius 2 is 1.74 bits per heavy atom. The summed E-state index contributed by atoms with van der Waals surface area (Å²) in [5.74, 6) is 0.608. The summed E-state index contributed by atoms with van der Waals surface area (Å²) < 4.78 is 32.3. The van der Waals surface area contributed by atoms with E-state index in [9.17, 15) is 13.2 Å². The Morgan fingerprint density at radius 3 is 2.43 bits per heavy atom. The molecule has 0 fully saturated rings. The summed E-state index contributed by atoms with van der Waals surface area (Å²) >= 11 is 0. The third-order valence-corrected chi connectivity index (χ3v) is 4.74. The highest BCUT2D eigenvalue weighted by Gasteiger charge is 2.19. The molecule has 2 aromatic carbocycles. The van der Waals surface area contributed by atoms with Crippen LogP contribution in [0.15, 0.2) is 64.3 Å². The van der Waals surface area contributed by atoms with Crippen LogP contribution in [0, 0.1) is 0 Å². The molecule has 0 saturated heterocycles. The Kier molecular flexibility index (Phi) is 3.79. The Hall–Kier alpha value is -2.80. The van der Waals surface area contributed by atoms with Gasteiger partial charge in [0.1, 0.15) is 5.75 Å². The number of fused-ring (bicyclic) bond motifs is 1. The van der Waals surface area contributed by atoms with E-state index in [-0.39, 0.29) is 4.90 Å². The summed E-state index contributed by atoms with van der Waals surface area (Å²) in [5.41, 5.74) is 0.268. The SMILES string of the molecule is COc1ccc(NS(=O)(=O)c2cc3ccccc3[nH]c2=O)cc1. The van der Waals surface area contributed by atoms with Crippen LogP contribution in [0.4, 0.5) is 5.69 Å². The summed E-state index contributed by atoms with van der Waals surface area (Å²) in [7, 11) is -2.47. The minimum absolute atomic E-state index is 0.327. The van der Waals surface area contributed by atoms with Gasteiger partial charge in [0.05, 0.1) is 7.11 Å². The molecule has 0 saturated carbocycles. The van der Waals surface area contributed by atoms with E-state index >= 15 is 0 Å². The van der Waals surface area contributed by atoms with Crippen molar-refractivity contribution in [3.05, 3.63) is 65.0 Å². The quantitative estimate of drug-likeness (QED) is 0.768. The van der Waals surface area contributed by atoms with Crippen LogP contribution in [0.5, 0.6) is 5.75 Å². The van der Waals surface area contributed by atoms with Gasteiger partial charge in [-0.1, -0.05) is 18.2 Å². The van der Waals surface area contributed by atoms with E-state index in [0.717, 1.165) is 0 Å². The molecule has 0 unspecified atom stereocenters. The van der Waals surface area contributed by atoms with Crippen molar-refractivity contribution >= 4 is 26.6 Å². The van der Waals surface area contributed by atoms with Gasteiger partial charge in [0.25, 0.3) is 15.6 Å². The molecule has 118 valence electrons. The number of rotatable bonds is 4. The molecule has 0 aliphatic rings. The van der Waals surface area contributed by atoms with E-state index in [4.69, 9.17) is 4.74 Å². The van der Waals surface area contributed by atoms with Crippen LogP contribution in [0.2, 0.25) is 0 Å². The van der Waals surface area contributed by atoms with Crippen molar-refractivity contribution in [1.29, 1.82) is 0 Å². The second-order valence-electron chi connectivity index (χ2n) is 4.88. The van der Waals surface area contributed by atoms with Crippen molar-refractivity contribution in [3.63, 3.8) is 0 Å². The third-order valence-electron chi connectivity index (χ3n) is 3.35. The lowest BCUT2D eigenvalue weighted by atomic mass is 10.2. The lowest BCUT2D eigenvalue weighted by Crippen LogP contribution is -2.22. The first-order valence-electron chi connectivity index (χ1n) is 6.78. The summed E-state index contributed by atoms with van der Waals surface area (Å²) in [6.45, 7) is 0. The first-order valence-corrected chi connectivity index (χ1v) is 8.27. The fourth-order valence-corrected chi connectivity index (χ4v) is 3.33. The Bertz CT molecular complexity index is 1010. The molecule has 0 radical (unpaired) electrons. The number of aromatic nitrogens is 1. The zero-order valence-corrected chi connectivity index (χ0v) is 13.1. The maximum Gasteiger partial charge on any atom is 0.269 e. The van der Waals surface area contributed by atoms with Crippen LogP contribution in [-0.2, 0) is 10.0 Å². The predicted molar refractivity (Wildman–Crippen MR) is 88.4 cm³/mol. The Labute approximate surface area is 132 Å². The second-order valence-corrected chi connectivity index (χ2v) is 6.53. The van der Waals surface area contributed by atoms with Crippen LogP contribution in [0.3, 0.4) is 0 Å². The first-order chi connectivity index (χ1) is 11.0.